The summed E-state index contributed by atoms with van der Waals surface area (Å²) >= 11 is 0. The van der Waals surface area contributed by atoms with Gasteiger partial charge in [0.05, 0.1) is 6.10 Å². The molecular formula is C15H24O3. The minimum absolute atomic E-state index is 0.0591. The number of allylic oxidation sites excluding steroid dienone is 1. The Morgan fingerprint density at radius 2 is 2.06 bits per heavy atom. The SMILES string of the molecule is C[C@H]1[C@@H](O)CCC(C)(C)[C@@]12CC=C(C(=O)O)CC2. The molecule has 0 aromatic rings. The first-order valence-electron chi connectivity index (χ1n) is 6.90. The molecule has 2 rings (SSSR count). The highest BCUT2D eigenvalue weighted by Crippen LogP contribution is 2.59. The summed E-state index contributed by atoms with van der Waals surface area (Å²) in [5.41, 5.74) is 0.777. The molecule has 0 bridgehead atoms. The molecule has 0 heterocycles. The van der Waals surface area contributed by atoms with Gasteiger partial charge in [0.15, 0.2) is 0 Å². The molecule has 0 amide bonds. The first-order chi connectivity index (χ1) is 8.30. The first kappa shape index (κ1) is 13.6. The Morgan fingerprint density at radius 3 is 2.56 bits per heavy atom. The second-order valence-electron chi connectivity index (χ2n) is 6.67. The van der Waals surface area contributed by atoms with Crippen LogP contribution in [0.2, 0.25) is 0 Å². The maximum absolute atomic E-state index is 11.0. The fraction of sp³-hybridized carbons (Fsp3) is 0.800. The molecular weight excluding hydrogens is 228 g/mol. The molecule has 0 aromatic carbocycles. The number of carboxylic acids is 1. The van der Waals surface area contributed by atoms with Gasteiger partial charge in [0.1, 0.15) is 0 Å². The molecule has 18 heavy (non-hydrogen) atoms. The second-order valence-corrected chi connectivity index (χ2v) is 6.67. The minimum atomic E-state index is -0.785. The number of aliphatic hydroxyl groups is 1. The zero-order chi connectivity index (χ0) is 13.6. The molecule has 0 unspecified atom stereocenters. The van der Waals surface area contributed by atoms with Crippen molar-refractivity contribution in [3.8, 4) is 0 Å². The van der Waals surface area contributed by atoms with Gasteiger partial charge >= 0.3 is 5.97 Å². The number of aliphatic carboxylic acids is 1. The van der Waals surface area contributed by atoms with Crippen LogP contribution in [0.4, 0.5) is 0 Å². The van der Waals surface area contributed by atoms with E-state index in [0.29, 0.717) is 12.0 Å². The largest absolute Gasteiger partial charge is 0.478 e. The van der Waals surface area contributed by atoms with Crippen molar-refractivity contribution in [2.75, 3.05) is 0 Å². The zero-order valence-electron chi connectivity index (χ0n) is 11.6. The van der Waals surface area contributed by atoms with Crippen LogP contribution < -0.4 is 0 Å². The van der Waals surface area contributed by atoms with Crippen LogP contribution in [0, 0.1) is 16.7 Å². The van der Waals surface area contributed by atoms with E-state index in [0.717, 1.165) is 25.7 Å². The van der Waals surface area contributed by atoms with Gasteiger partial charge in [-0.05, 0) is 48.9 Å². The van der Waals surface area contributed by atoms with Gasteiger partial charge < -0.3 is 10.2 Å². The number of rotatable bonds is 1. The Morgan fingerprint density at radius 1 is 1.39 bits per heavy atom. The predicted octanol–water partition coefficient (Wildman–Crippen LogP) is 2.98. The van der Waals surface area contributed by atoms with Crippen molar-refractivity contribution in [1.82, 2.24) is 0 Å². The Labute approximate surface area is 109 Å². The van der Waals surface area contributed by atoms with Crippen molar-refractivity contribution in [3.63, 3.8) is 0 Å². The number of hydrogen-bond acceptors (Lipinski definition) is 2. The Kier molecular flexibility index (Phi) is 3.30. The summed E-state index contributed by atoms with van der Waals surface area (Å²) in [6.45, 7) is 6.68. The van der Waals surface area contributed by atoms with Crippen LogP contribution in [0.1, 0.15) is 52.9 Å². The number of carbonyl (C=O) groups is 1. The van der Waals surface area contributed by atoms with Gasteiger partial charge in [-0.1, -0.05) is 26.8 Å². The van der Waals surface area contributed by atoms with Gasteiger partial charge in [0.2, 0.25) is 0 Å². The van der Waals surface area contributed by atoms with Crippen molar-refractivity contribution in [3.05, 3.63) is 11.6 Å². The smallest absolute Gasteiger partial charge is 0.331 e. The molecule has 2 aliphatic rings. The van der Waals surface area contributed by atoms with Crippen molar-refractivity contribution in [2.45, 2.75) is 59.0 Å². The molecule has 1 fully saturated rings. The van der Waals surface area contributed by atoms with E-state index >= 15 is 0 Å². The molecule has 2 aliphatic carbocycles. The summed E-state index contributed by atoms with van der Waals surface area (Å²) in [6.07, 6.45) is 5.85. The number of hydrogen-bond donors (Lipinski definition) is 2. The predicted molar refractivity (Wildman–Crippen MR) is 70.2 cm³/mol. The molecule has 2 N–H and O–H groups in total. The fourth-order valence-electron chi connectivity index (χ4n) is 4.08. The summed E-state index contributed by atoms with van der Waals surface area (Å²) in [6, 6.07) is 0. The molecule has 1 saturated carbocycles. The highest BCUT2D eigenvalue weighted by molar-refractivity contribution is 5.86. The topological polar surface area (TPSA) is 57.5 Å². The standard InChI is InChI=1S/C15H24O3/c1-10-12(16)6-7-14(2,3)15(10)8-4-11(5-9-15)13(17)18/h4,10,12,16H,5-9H2,1-3H3,(H,17,18)/t10-,12-,15+/m0/s1. The van der Waals surface area contributed by atoms with E-state index < -0.39 is 5.97 Å². The summed E-state index contributed by atoms with van der Waals surface area (Å²) in [5.74, 6) is -0.542. The van der Waals surface area contributed by atoms with Crippen LogP contribution in [0.5, 0.6) is 0 Å². The monoisotopic (exact) mass is 252 g/mol. The summed E-state index contributed by atoms with van der Waals surface area (Å²) in [4.78, 5) is 11.0. The molecule has 3 heteroatoms. The lowest BCUT2D eigenvalue weighted by Crippen LogP contribution is -2.52. The van der Waals surface area contributed by atoms with Crippen molar-refractivity contribution in [2.24, 2.45) is 16.7 Å². The third-order valence-electron chi connectivity index (χ3n) is 5.69. The van der Waals surface area contributed by atoms with Gasteiger partial charge in [0, 0.05) is 5.57 Å². The van der Waals surface area contributed by atoms with E-state index in [1.54, 1.807) is 0 Å². The van der Waals surface area contributed by atoms with Gasteiger partial charge in [-0.15, -0.1) is 0 Å². The molecule has 3 nitrogen and oxygen atoms in total. The van der Waals surface area contributed by atoms with E-state index in [4.69, 9.17) is 5.11 Å². The maximum atomic E-state index is 11.0. The van der Waals surface area contributed by atoms with Crippen LogP contribution in [0.15, 0.2) is 11.6 Å². The van der Waals surface area contributed by atoms with Crippen LogP contribution >= 0.6 is 0 Å². The van der Waals surface area contributed by atoms with E-state index in [1.807, 2.05) is 6.08 Å². The normalized spacial score (nSPS) is 39.4. The lowest BCUT2D eigenvalue weighted by atomic mass is 9.48. The van der Waals surface area contributed by atoms with Gasteiger partial charge in [-0.25, -0.2) is 4.79 Å². The van der Waals surface area contributed by atoms with Crippen molar-refractivity contribution >= 4 is 5.97 Å². The van der Waals surface area contributed by atoms with E-state index in [-0.39, 0.29) is 22.9 Å². The molecule has 0 saturated heterocycles. The maximum Gasteiger partial charge on any atom is 0.331 e. The van der Waals surface area contributed by atoms with Crippen molar-refractivity contribution in [1.29, 1.82) is 0 Å². The zero-order valence-corrected chi connectivity index (χ0v) is 11.6. The molecule has 0 radical (unpaired) electrons. The molecule has 0 aromatic heterocycles. The lowest BCUT2D eigenvalue weighted by molar-refractivity contribution is -0.134. The van der Waals surface area contributed by atoms with Gasteiger partial charge in [-0.3, -0.25) is 0 Å². The van der Waals surface area contributed by atoms with E-state index in [2.05, 4.69) is 20.8 Å². The quantitative estimate of drug-likeness (QED) is 0.754. The molecule has 0 aliphatic heterocycles. The summed E-state index contributed by atoms with van der Waals surface area (Å²) in [7, 11) is 0. The van der Waals surface area contributed by atoms with Crippen LogP contribution in [-0.4, -0.2) is 22.3 Å². The highest BCUT2D eigenvalue weighted by Gasteiger charge is 2.53. The van der Waals surface area contributed by atoms with Gasteiger partial charge in [-0.2, -0.15) is 0 Å². The first-order valence-corrected chi connectivity index (χ1v) is 6.90. The number of carboxylic acid groups (broad SMARTS) is 1. The van der Waals surface area contributed by atoms with E-state index in [9.17, 15) is 9.90 Å². The van der Waals surface area contributed by atoms with Crippen LogP contribution in [0.3, 0.4) is 0 Å². The molecule has 102 valence electrons. The Balaban J connectivity index is 2.31. The van der Waals surface area contributed by atoms with Crippen molar-refractivity contribution < 1.29 is 15.0 Å². The minimum Gasteiger partial charge on any atom is -0.478 e. The Hall–Kier alpha value is -0.830. The van der Waals surface area contributed by atoms with Crippen LogP contribution in [0.25, 0.3) is 0 Å². The lowest BCUT2D eigenvalue weighted by Gasteiger charge is -2.57. The summed E-state index contributed by atoms with van der Waals surface area (Å²) in [5, 5.41) is 19.2. The van der Waals surface area contributed by atoms with Gasteiger partial charge in [0.25, 0.3) is 0 Å². The van der Waals surface area contributed by atoms with Crippen LogP contribution in [-0.2, 0) is 4.79 Å². The Bertz CT molecular complexity index is 383. The average molecular weight is 252 g/mol. The second kappa shape index (κ2) is 4.37. The summed E-state index contributed by atoms with van der Waals surface area (Å²) < 4.78 is 0. The molecule has 1 spiro atoms. The molecule has 3 atom stereocenters. The number of aliphatic hydroxyl groups excluding tert-OH is 1. The highest BCUT2D eigenvalue weighted by atomic mass is 16.4. The van der Waals surface area contributed by atoms with E-state index in [1.165, 1.54) is 0 Å². The third kappa shape index (κ3) is 1.89. The third-order valence-corrected chi connectivity index (χ3v) is 5.69. The average Bonchev–Trinajstić information content (AvgIpc) is 2.33. The fourth-order valence-corrected chi connectivity index (χ4v) is 4.08.